The molecule has 0 amide bonds. The summed E-state index contributed by atoms with van der Waals surface area (Å²) in [7, 11) is -2.02. The maximum absolute atomic E-state index is 13.1. The average molecular weight is 323 g/mol. The molecule has 0 aliphatic carbocycles. The number of rotatable bonds is 6. The minimum absolute atomic E-state index is 0.231. The summed E-state index contributed by atoms with van der Waals surface area (Å²) in [5.41, 5.74) is -1.01. The summed E-state index contributed by atoms with van der Waals surface area (Å²) in [6.45, 7) is 11.7. The Morgan fingerprint density at radius 3 is 1.71 bits per heavy atom. The highest BCUT2D eigenvalue weighted by Crippen LogP contribution is 2.66. The van der Waals surface area contributed by atoms with Gasteiger partial charge in [0.1, 0.15) is 0 Å². The van der Waals surface area contributed by atoms with Crippen LogP contribution >= 0.6 is 7.60 Å². The fraction of sp³-hybridized carbons (Fsp3) is 1.00. The van der Waals surface area contributed by atoms with E-state index in [1.807, 2.05) is 32.8 Å². The fourth-order valence-corrected chi connectivity index (χ4v) is 6.11. The van der Waals surface area contributed by atoms with Crippen molar-refractivity contribution in [2.24, 2.45) is 0 Å². The van der Waals surface area contributed by atoms with Gasteiger partial charge in [-0.1, -0.05) is 0 Å². The number of nitrogens with zero attached hydrogens (tertiary/aromatic N) is 1. The van der Waals surface area contributed by atoms with Gasteiger partial charge < -0.3 is 19.0 Å². The molecule has 1 saturated heterocycles. The molecule has 126 valence electrons. The predicted molar refractivity (Wildman–Crippen MR) is 82.0 cm³/mol. The van der Waals surface area contributed by atoms with Crippen molar-refractivity contribution in [1.29, 1.82) is 0 Å². The first kappa shape index (κ1) is 19.1. The van der Waals surface area contributed by atoms with Gasteiger partial charge in [0.15, 0.2) is 5.34 Å². The molecule has 0 aromatic heterocycles. The Kier molecular flexibility index (Phi) is 5.69. The Hall–Kier alpha value is 0.0300. The molecule has 0 bridgehead atoms. The van der Waals surface area contributed by atoms with Crippen LogP contribution in [0, 0.1) is 0 Å². The van der Waals surface area contributed by atoms with Gasteiger partial charge in [0.05, 0.1) is 20.3 Å². The molecular formula is C14H30NO5P. The van der Waals surface area contributed by atoms with E-state index in [1.165, 1.54) is 0 Å². The van der Waals surface area contributed by atoms with Crippen LogP contribution in [0.5, 0.6) is 0 Å². The average Bonchev–Trinajstić information content (AvgIpc) is 2.25. The third-order valence-corrected chi connectivity index (χ3v) is 6.35. The molecule has 1 rings (SSSR count). The molecule has 1 aliphatic heterocycles. The van der Waals surface area contributed by atoms with Crippen LogP contribution in [0.2, 0.25) is 0 Å². The van der Waals surface area contributed by atoms with Crippen molar-refractivity contribution in [3.8, 4) is 0 Å². The Morgan fingerprint density at radius 2 is 1.43 bits per heavy atom. The van der Waals surface area contributed by atoms with Gasteiger partial charge in [-0.15, -0.1) is 0 Å². The summed E-state index contributed by atoms with van der Waals surface area (Å²) in [4.78, 5) is 5.50. The van der Waals surface area contributed by atoms with E-state index >= 15 is 0 Å². The van der Waals surface area contributed by atoms with E-state index in [9.17, 15) is 9.67 Å². The second-order valence-corrected chi connectivity index (χ2v) is 9.11. The van der Waals surface area contributed by atoms with Crippen LogP contribution in [-0.2, 0) is 18.5 Å². The molecule has 0 saturated carbocycles. The summed E-state index contributed by atoms with van der Waals surface area (Å²) >= 11 is 0. The van der Waals surface area contributed by atoms with Gasteiger partial charge in [0.25, 0.3) is 0 Å². The van der Waals surface area contributed by atoms with Gasteiger partial charge in [0, 0.05) is 23.9 Å². The van der Waals surface area contributed by atoms with E-state index in [-0.39, 0.29) is 26.1 Å². The lowest BCUT2D eigenvalue weighted by Crippen LogP contribution is -2.64. The summed E-state index contributed by atoms with van der Waals surface area (Å²) in [5.74, 6) is 0. The lowest BCUT2D eigenvalue weighted by Gasteiger charge is -2.56. The second-order valence-electron chi connectivity index (χ2n) is 6.77. The van der Waals surface area contributed by atoms with Gasteiger partial charge in [-0.25, -0.2) is 0 Å². The summed E-state index contributed by atoms with van der Waals surface area (Å²) in [6, 6.07) is 0. The molecule has 0 unspecified atom stereocenters. The highest BCUT2D eigenvalue weighted by atomic mass is 31.2. The SMILES string of the molecule is CCOP(=O)(OCC)C1(O)CC(C)(C)N(OC)C(C)(C)C1. The number of hydroxylamine groups is 2. The van der Waals surface area contributed by atoms with Crippen LogP contribution < -0.4 is 0 Å². The quantitative estimate of drug-likeness (QED) is 0.757. The molecule has 0 aromatic rings. The third-order valence-electron chi connectivity index (χ3n) is 3.82. The van der Waals surface area contributed by atoms with E-state index in [4.69, 9.17) is 13.9 Å². The molecule has 1 aliphatic rings. The van der Waals surface area contributed by atoms with Gasteiger partial charge in [-0.05, 0) is 41.5 Å². The third kappa shape index (κ3) is 3.52. The Morgan fingerprint density at radius 1 is 1.05 bits per heavy atom. The smallest absolute Gasteiger partial charge is 0.362 e. The van der Waals surface area contributed by atoms with Crippen molar-refractivity contribution in [3.05, 3.63) is 0 Å². The number of aliphatic hydroxyl groups is 1. The van der Waals surface area contributed by atoms with Gasteiger partial charge in [0.2, 0.25) is 0 Å². The molecule has 21 heavy (non-hydrogen) atoms. The van der Waals surface area contributed by atoms with E-state index in [2.05, 4.69) is 0 Å². The maximum Gasteiger partial charge on any atom is 0.362 e. The zero-order valence-corrected chi connectivity index (χ0v) is 15.2. The van der Waals surface area contributed by atoms with Gasteiger partial charge in [-0.3, -0.25) is 4.57 Å². The van der Waals surface area contributed by atoms with Crippen LogP contribution in [0.15, 0.2) is 0 Å². The van der Waals surface area contributed by atoms with Crippen molar-refractivity contribution >= 4 is 7.60 Å². The zero-order valence-electron chi connectivity index (χ0n) is 14.3. The summed E-state index contributed by atoms with van der Waals surface area (Å²) in [5, 5.41) is 11.5. The normalized spacial score (nSPS) is 25.0. The van der Waals surface area contributed by atoms with Crippen molar-refractivity contribution in [2.45, 2.75) is 70.8 Å². The maximum atomic E-state index is 13.1. The molecule has 1 heterocycles. The lowest BCUT2D eigenvalue weighted by atomic mass is 9.80. The topological polar surface area (TPSA) is 68.2 Å². The molecule has 1 N–H and O–H groups in total. The Bertz CT molecular complexity index is 382. The first-order chi connectivity index (χ1) is 9.48. The minimum Gasteiger partial charge on any atom is -0.377 e. The van der Waals surface area contributed by atoms with Crippen LogP contribution in [0.3, 0.4) is 0 Å². The molecule has 0 radical (unpaired) electrons. The lowest BCUT2D eigenvalue weighted by molar-refractivity contribution is -0.283. The van der Waals surface area contributed by atoms with Crippen LogP contribution in [0.1, 0.15) is 54.4 Å². The largest absolute Gasteiger partial charge is 0.377 e. The predicted octanol–water partition coefficient (Wildman–Crippen LogP) is 3.16. The zero-order chi connectivity index (χ0) is 16.5. The first-order valence-electron chi connectivity index (χ1n) is 7.44. The number of piperidine rings is 1. The summed E-state index contributed by atoms with van der Waals surface area (Å²) < 4.78 is 23.9. The Balaban J connectivity index is 3.25. The van der Waals surface area contributed by atoms with E-state index < -0.39 is 24.0 Å². The number of hydrogen-bond acceptors (Lipinski definition) is 6. The molecule has 0 aromatic carbocycles. The number of hydrogen-bond donors (Lipinski definition) is 1. The second kappa shape index (κ2) is 6.26. The Labute approximate surface area is 128 Å². The summed E-state index contributed by atoms with van der Waals surface area (Å²) in [6.07, 6.45) is 0.489. The van der Waals surface area contributed by atoms with E-state index in [0.29, 0.717) is 0 Å². The van der Waals surface area contributed by atoms with E-state index in [1.54, 1.807) is 21.0 Å². The molecular weight excluding hydrogens is 293 g/mol. The molecule has 0 spiro atoms. The van der Waals surface area contributed by atoms with Gasteiger partial charge >= 0.3 is 7.60 Å². The highest BCUT2D eigenvalue weighted by Gasteiger charge is 2.61. The highest BCUT2D eigenvalue weighted by molar-refractivity contribution is 7.55. The molecule has 1 fully saturated rings. The minimum atomic E-state index is -3.63. The van der Waals surface area contributed by atoms with Crippen molar-refractivity contribution in [2.75, 3.05) is 20.3 Å². The van der Waals surface area contributed by atoms with Crippen LogP contribution in [-0.4, -0.2) is 46.9 Å². The van der Waals surface area contributed by atoms with Crippen molar-refractivity contribution in [3.63, 3.8) is 0 Å². The first-order valence-corrected chi connectivity index (χ1v) is 8.98. The van der Waals surface area contributed by atoms with Crippen molar-refractivity contribution < 1.29 is 23.6 Å². The molecule has 7 heteroatoms. The van der Waals surface area contributed by atoms with Gasteiger partial charge in [-0.2, -0.15) is 5.06 Å². The monoisotopic (exact) mass is 323 g/mol. The van der Waals surface area contributed by atoms with E-state index in [0.717, 1.165) is 0 Å². The fourth-order valence-electron chi connectivity index (χ4n) is 3.72. The van der Waals surface area contributed by atoms with Crippen molar-refractivity contribution in [1.82, 2.24) is 5.06 Å². The standard InChI is InChI=1S/C14H30NO5P/c1-8-19-21(17,20-9-2)14(16)10-12(3,4)15(18-7)13(5,6)11-14/h16H,8-11H2,1-7H3. The molecule has 0 atom stereocenters. The molecule has 6 nitrogen and oxygen atoms in total. The van der Waals surface area contributed by atoms with Crippen LogP contribution in [0.4, 0.5) is 0 Å². The van der Waals surface area contributed by atoms with Crippen LogP contribution in [0.25, 0.3) is 0 Å².